The van der Waals surface area contributed by atoms with E-state index in [2.05, 4.69) is 17.4 Å². The van der Waals surface area contributed by atoms with Crippen molar-refractivity contribution in [1.29, 1.82) is 0 Å². The summed E-state index contributed by atoms with van der Waals surface area (Å²) < 4.78 is 1.55. The molecule has 1 amide bonds. The maximum atomic E-state index is 13.7. The lowest BCUT2D eigenvalue weighted by atomic mass is 10.0. The van der Waals surface area contributed by atoms with E-state index in [9.17, 15) is 9.59 Å². The molecule has 6 heteroatoms. The lowest BCUT2D eigenvalue weighted by Crippen LogP contribution is -2.35. The molecule has 3 N–H and O–H groups in total. The van der Waals surface area contributed by atoms with Crippen LogP contribution in [-0.2, 0) is 24.2 Å². The zero-order valence-corrected chi connectivity index (χ0v) is 20.7. The molecule has 6 nitrogen and oxygen atoms in total. The number of nitrogens with zero attached hydrogens (tertiary/aromatic N) is 2. The zero-order chi connectivity index (χ0) is 25.2. The fraction of sp³-hybridized carbons (Fsp3) is 0.300. The van der Waals surface area contributed by atoms with Gasteiger partial charge in [-0.05, 0) is 54.6 Å². The van der Waals surface area contributed by atoms with Crippen LogP contribution >= 0.6 is 0 Å². The second-order valence-electron chi connectivity index (χ2n) is 9.06. The Morgan fingerprint density at radius 2 is 1.56 bits per heavy atom. The van der Waals surface area contributed by atoms with Crippen molar-refractivity contribution in [2.75, 3.05) is 13.1 Å². The quantitative estimate of drug-likeness (QED) is 0.291. The monoisotopic (exact) mass is 482 g/mol. The van der Waals surface area contributed by atoms with E-state index < -0.39 is 0 Å². The molecule has 0 atom stereocenters. The Labute approximate surface area is 212 Å². The average molecular weight is 483 g/mol. The summed E-state index contributed by atoms with van der Waals surface area (Å²) in [5.41, 5.74) is 9.16. The van der Waals surface area contributed by atoms with Crippen molar-refractivity contribution in [2.24, 2.45) is 5.73 Å². The van der Waals surface area contributed by atoms with Crippen LogP contribution in [0, 0.1) is 0 Å². The van der Waals surface area contributed by atoms with E-state index >= 15 is 0 Å². The van der Waals surface area contributed by atoms with Crippen molar-refractivity contribution in [1.82, 2.24) is 14.9 Å². The largest absolute Gasteiger partial charge is 0.355 e. The Bertz CT molecular complexity index is 1330. The number of rotatable bonds is 12. The van der Waals surface area contributed by atoms with Crippen molar-refractivity contribution in [3.8, 4) is 11.1 Å². The predicted molar refractivity (Wildman–Crippen MR) is 146 cm³/mol. The number of aryl methyl sites for hydroxylation is 2. The van der Waals surface area contributed by atoms with Crippen LogP contribution < -0.4 is 16.6 Å². The van der Waals surface area contributed by atoms with Crippen LogP contribution in [0.4, 0.5) is 0 Å². The summed E-state index contributed by atoms with van der Waals surface area (Å²) in [5, 5.41) is 3.49. The number of unbranched alkanes of at least 4 members (excludes halogenated alkanes) is 3. The van der Waals surface area contributed by atoms with Gasteiger partial charge in [0.1, 0.15) is 12.4 Å². The standard InChI is InChI=1S/C30H34N4O2/c31-19-9-1-2-10-20-32-29(35)22-34-28(18-15-23-11-5-3-6-12-23)33-27-17-16-25(21-26(27)30(34)36)24-13-7-4-8-14-24/h3-8,11-14,16-17,21H,1-2,9-10,15,18-20,22,31H2,(H,32,35). The fourth-order valence-electron chi connectivity index (χ4n) is 4.38. The molecule has 0 radical (unpaired) electrons. The molecule has 0 fully saturated rings. The highest BCUT2D eigenvalue weighted by atomic mass is 16.2. The number of fused-ring (bicyclic) bond motifs is 1. The van der Waals surface area contributed by atoms with Gasteiger partial charge in [-0.1, -0.05) is 79.6 Å². The number of aromatic nitrogens is 2. The van der Waals surface area contributed by atoms with Gasteiger partial charge in [0.15, 0.2) is 0 Å². The highest BCUT2D eigenvalue weighted by Crippen LogP contribution is 2.22. The van der Waals surface area contributed by atoms with Gasteiger partial charge in [0.2, 0.25) is 5.91 Å². The van der Waals surface area contributed by atoms with Gasteiger partial charge >= 0.3 is 0 Å². The molecule has 4 aromatic rings. The Balaban J connectivity index is 1.60. The van der Waals surface area contributed by atoms with Gasteiger partial charge in [-0.25, -0.2) is 4.98 Å². The zero-order valence-electron chi connectivity index (χ0n) is 20.7. The molecule has 3 aromatic carbocycles. The third kappa shape index (κ3) is 6.67. The minimum absolute atomic E-state index is 0.0374. The maximum Gasteiger partial charge on any atom is 0.261 e. The van der Waals surface area contributed by atoms with Crippen LogP contribution in [0.15, 0.2) is 83.7 Å². The van der Waals surface area contributed by atoms with Gasteiger partial charge in [-0.15, -0.1) is 0 Å². The maximum absolute atomic E-state index is 13.7. The predicted octanol–water partition coefficient (Wildman–Crippen LogP) is 4.48. The Hall–Kier alpha value is -3.77. The number of nitrogens with two attached hydrogens (primary N) is 1. The van der Waals surface area contributed by atoms with Crippen LogP contribution in [0.25, 0.3) is 22.0 Å². The van der Waals surface area contributed by atoms with Crippen LogP contribution in [0.3, 0.4) is 0 Å². The molecule has 4 rings (SSSR count). The van der Waals surface area contributed by atoms with Crippen molar-refractivity contribution < 1.29 is 4.79 Å². The Kier molecular flexibility index (Phi) is 9.00. The van der Waals surface area contributed by atoms with Crippen LogP contribution in [0.2, 0.25) is 0 Å². The Morgan fingerprint density at radius 3 is 2.31 bits per heavy atom. The first-order valence-corrected chi connectivity index (χ1v) is 12.8. The first kappa shape index (κ1) is 25.3. The summed E-state index contributed by atoms with van der Waals surface area (Å²) in [7, 11) is 0. The molecule has 0 spiro atoms. The Morgan fingerprint density at radius 1 is 0.833 bits per heavy atom. The molecule has 36 heavy (non-hydrogen) atoms. The van der Waals surface area contributed by atoms with Crippen molar-refractivity contribution in [3.05, 3.63) is 101 Å². The van der Waals surface area contributed by atoms with Gasteiger partial charge in [0.25, 0.3) is 5.56 Å². The molecule has 0 aliphatic heterocycles. The molecule has 0 saturated carbocycles. The first-order chi connectivity index (χ1) is 17.7. The number of benzene rings is 3. The summed E-state index contributed by atoms with van der Waals surface area (Å²) in [5.74, 6) is 0.458. The summed E-state index contributed by atoms with van der Waals surface area (Å²) in [6.07, 6.45) is 5.30. The first-order valence-electron chi connectivity index (χ1n) is 12.8. The molecule has 0 aliphatic carbocycles. The summed E-state index contributed by atoms with van der Waals surface area (Å²) >= 11 is 0. The molecular formula is C30H34N4O2. The number of hydrogen-bond acceptors (Lipinski definition) is 4. The minimum Gasteiger partial charge on any atom is -0.355 e. The molecule has 186 valence electrons. The molecule has 0 unspecified atom stereocenters. The molecule has 0 bridgehead atoms. The highest BCUT2D eigenvalue weighted by Gasteiger charge is 2.15. The second kappa shape index (κ2) is 12.8. The van der Waals surface area contributed by atoms with Crippen molar-refractivity contribution in [3.63, 3.8) is 0 Å². The SMILES string of the molecule is NCCCCCCNC(=O)Cn1c(CCc2ccccc2)nc2ccc(-c3ccccc3)cc2c1=O. The van der Waals surface area contributed by atoms with E-state index in [-0.39, 0.29) is 18.0 Å². The van der Waals surface area contributed by atoms with Gasteiger partial charge in [0.05, 0.1) is 10.9 Å². The molecular weight excluding hydrogens is 448 g/mol. The normalized spacial score (nSPS) is 11.0. The van der Waals surface area contributed by atoms with Crippen molar-refractivity contribution >= 4 is 16.8 Å². The molecule has 0 saturated heterocycles. The number of amides is 1. The lowest BCUT2D eigenvalue weighted by Gasteiger charge is -2.14. The van der Waals surface area contributed by atoms with E-state index in [1.54, 1.807) is 4.57 Å². The van der Waals surface area contributed by atoms with E-state index in [1.807, 2.05) is 66.7 Å². The lowest BCUT2D eigenvalue weighted by molar-refractivity contribution is -0.121. The van der Waals surface area contributed by atoms with Crippen LogP contribution in [0.1, 0.15) is 37.1 Å². The number of carbonyl (C=O) groups excluding carboxylic acids is 1. The van der Waals surface area contributed by atoms with Gasteiger partial charge in [-0.2, -0.15) is 0 Å². The molecule has 0 aliphatic rings. The minimum atomic E-state index is -0.182. The van der Waals surface area contributed by atoms with Gasteiger partial charge in [-0.3, -0.25) is 14.2 Å². The third-order valence-corrected chi connectivity index (χ3v) is 6.38. The number of nitrogens with one attached hydrogen (secondary N) is 1. The third-order valence-electron chi connectivity index (χ3n) is 6.38. The highest BCUT2D eigenvalue weighted by molar-refractivity contribution is 5.84. The van der Waals surface area contributed by atoms with E-state index in [4.69, 9.17) is 10.7 Å². The smallest absolute Gasteiger partial charge is 0.261 e. The molecule has 1 heterocycles. The summed E-state index contributed by atoms with van der Waals surface area (Å²) in [4.78, 5) is 31.3. The van der Waals surface area contributed by atoms with E-state index in [0.29, 0.717) is 36.2 Å². The van der Waals surface area contributed by atoms with Crippen molar-refractivity contribution in [2.45, 2.75) is 45.1 Å². The van der Waals surface area contributed by atoms with Gasteiger partial charge in [0, 0.05) is 13.0 Å². The fourth-order valence-corrected chi connectivity index (χ4v) is 4.38. The summed E-state index contributed by atoms with van der Waals surface area (Å²) in [6, 6.07) is 25.8. The molecule has 1 aromatic heterocycles. The average Bonchev–Trinajstić information content (AvgIpc) is 2.92. The van der Waals surface area contributed by atoms with E-state index in [1.165, 1.54) is 5.56 Å². The summed E-state index contributed by atoms with van der Waals surface area (Å²) in [6.45, 7) is 1.25. The van der Waals surface area contributed by atoms with E-state index in [0.717, 1.165) is 43.2 Å². The number of carbonyl (C=O) groups is 1. The van der Waals surface area contributed by atoms with Crippen LogP contribution in [0.5, 0.6) is 0 Å². The second-order valence-corrected chi connectivity index (χ2v) is 9.06. The topological polar surface area (TPSA) is 90.0 Å². The van der Waals surface area contributed by atoms with Gasteiger partial charge < -0.3 is 11.1 Å². The number of hydrogen-bond donors (Lipinski definition) is 2. The van der Waals surface area contributed by atoms with Crippen LogP contribution in [-0.4, -0.2) is 28.5 Å².